The Morgan fingerprint density at radius 3 is 2.48 bits per heavy atom. The molecule has 1 aromatic rings. The van der Waals surface area contributed by atoms with Gasteiger partial charge in [-0.05, 0) is 17.2 Å². The van der Waals surface area contributed by atoms with Crippen molar-refractivity contribution >= 4 is 17.9 Å². The van der Waals surface area contributed by atoms with E-state index >= 15 is 0 Å². The average molecular weight is 284 g/mol. The van der Waals surface area contributed by atoms with E-state index in [-0.39, 0.29) is 11.8 Å². The van der Waals surface area contributed by atoms with Gasteiger partial charge in [0.25, 0.3) is 0 Å². The van der Waals surface area contributed by atoms with E-state index in [1.807, 2.05) is 18.2 Å². The number of cyclic esters (lactones) is 2. The molecule has 0 N–H and O–H groups in total. The summed E-state index contributed by atoms with van der Waals surface area (Å²) in [6, 6.07) is 5.36. The zero-order valence-corrected chi connectivity index (χ0v) is 11.2. The van der Waals surface area contributed by atoms with E-state index in [0.29, 0.717) is 5.56 Å². The minimum atomic E-state index is -0.522. The molecule has 5 rings (SSSR count). The van der Waals surface area contributed by atoms with Gasteiger partial charge in [0.1, 0.15) is 0 Å². The summed E-state index contributed by atoms with van der Waals surface area (Å²) >= 11 is 0. The Morgan fingerprint density at radius 2 is 1.76 bits per heavy atom. The Labute approximate surface area is 120 Å². The molecule has 21 heavy (non-hydrogen) atoms. The minimum absolute atomic E-state index is 0.210. The van der Waals surface area contributed by atoms with Crippen LogP contribution in [0.4, 0.5) is 0 Å². The van der Waals surface area contributed by atoms with Gasteiger partial charge in [0.15, 0.2) is 0 Å². The first-order valence-electron chi connectivity index (χ1n) is 6.78. The van der Waals surface area contributed by atoms with Gasteiger partial charge in [-0.15, -0.1) is 0 Å². The number of ether oxygens (including phenoxy) is 2. The molecule has 0 saturated carbocycles. The Bertz CT molecular complexity index is 717. The molecular formula is C16H12O5. The molecule has 1 saturated heterocycles. The highest BCUT2D eigenvalue weighted by Gasteiger charge is 2.57. The van der Waals surface area contributed by atoms with Gasteiger partial charge >= 0.3 is 17.9 Å². The van der Waals surface area contributed by atoms with Gasteiger partial charge in [-0.3, -0.25) is 9.59 Å². The molecule has 3 aliphatic carbocycles. The van der Waals surface area contributed by atoms with Crippen LogP contribution in [0.5, 0.6) is 0 Å². The number of hydrogen-bond acceptors (Lipinski definition) is 5. The summed E-state index contributed by atoms with van der Waals surface area (Å²) in [7, 11) is 1.33. The van der Waals surface area contributed by atoms with Gasteiger partial charge in [0, 0.05) is 11.8 Å². The number of rotatable bonds is 1. The predicted octanol–water partition coefficient (Wildman–Crippen LogP) is 1.54. The molecule has 2 bridgehead atoms. The third kappa shape index (κ3) is 1.43. The quantitative estimate of drug-likeness (QED) is 0.444. The second-order valence-corrected chi connectivity index (χ2v) is 5.53. The molecule has 5 nitrogen and oxygen atoms in total. The summed E-state index contributed by atoms with van der Waals surface area (Å²) in [4.78, 5) is 35.9. The smallest absolute Gasteiger partial charge is 0.338 e. The molecule has 5 heteroatoms. The number of methoxy groups -OCH3 is 1. The lowest BCUT2D eigenvalue weighted by molar-refractivity contribution is -0.153. The summed E-state index contributed by atoms with van der Waals surface area (Å²) in [6.07, 6.45) is 3.84. The molecule has 1 fully saturated rings. The molecule has 4 atom stereocenters. The van der Waals surface area contributed by atoms with E-state index in [1.165, 1.54) is 7.11 Å². The standard InChI is InChI=1S/C16H12O5/c1-20-14(17)10-4-2-3-7-8-5-6-9(11(7)10)13-12(8)15(18)21-16(13)19/h2-6,8-9,12-13H,1H3/t8-,9-,12+,13+/m0/s1. The highest BCUT2D eigenvalue weighted by molar-refractivity contribution is 6.00. The number of esters is 3. The van der Waals surface area contributed by atoms with Gasteiger partial charge < -0.3 is 9.47 Å². The predicted molar refractivity (Wildman–Crippen MR) is 70.5 cm³/mol. The topological polar surface area (TPSA) is 69.7 Å². The third-order valence-electron chi connectivity index (χ3n) is 4.67. The molecule has 1 heterocycles. The van der Waals surface area contributed by atoms with Crippen LogP contribution in [-0.2, 0) is 19.1 Å². The van der Waals surface area contributed by atoms with Crippen LogP contribution in [0.2, 0.25) is 0 Å². The SMILES string of the molecule is COC(=O)c1cccc2c1[C@@H]1C=C[C@@H]2[C@H]2C(=O)OC(=O)[C@@H]21. The minimum Gasteiger partial charge on any atom is -0.465 e. The second kappa shape index (κ2) is 4.04. The highest BCUT2D eigenvalue weighted by atomic mass is 16.6. The van der Waals surface area contributed by atoms with Crippen molar-refractivity contribution in [3.05, 3.63) is 47.0 Å². The van der Waals surface area contributed by atoms with Gasteiger partial charge in [-0.1, -0.05) is 24.3 Å². The van der Waals surface area contributed by atoms with Crippen LogP contribution < -0.4 is 0 Å². The second-order valence-electron chi connectivity index (χ2n) is 5.53. The fourth-order valence-electron chi connectivity index (χ4n) is 3.85. The maximum Gasteiger partial charge on any atom is 0.338 e. The van der Waals surface area contributed by atoms with Crippen LogP contribution in [0, 0.1) is 11.8 Å². The fourth-order valence-corrected chi connectivity index (χ4v) is 3.85. The Morgan fingerprint density at radius 1 is 1.10 bits per heavy atom. The first-order chi connectivity index (χ1) is 10.1. The summed E-state index contributed by atoms with van der Waals surface area (Å²) in [5, 5.41) is 0. The molecule has 0 radical (unpaired) electrons. The summed E-state index contributed by atoms with van der Waals surface area (Å²) in [5.74, 6) is -2.88. The molecule has 0 spiro atoms. The van der Waals surface area contributed by atoms with E-state index in [4.69, 9.17) is 9.47 Å². The van der Waals surface area contributed by atoms with E-state index in [2.05, 4.69) is 0 Å². The molecule has 1 aromatic carbocycles. The molecular weight excluding hydrogens is 272 g/mol. The number of carbonyl (C=O) groups excluding carboxylic acids is 3. The van der Waals surface area contributed by atoms with E-state index in [9.17, 15) is 14.4 Å². The molecule has 0 aromatic heterocycles. The van der Waals surface area contributed by atoms with Crippen LogP contribution in [0.3, 0.4) is 0 Å². The van der Waals surface area contributed by atoms with Crippen molar-refractivity contribution in [2.24, 2.45) is 11.8 Å². The first kappa shape index (κ1) is 12.3. The van der Waals surface area contributed by atoms with Crippen LogP contribution in [0.1, 0.15) is 33.3 Å². The van der Waals surface area contributed by atoms with Gasteiger partial charge in [-0.25, -0.2) is 4.79 Å². The first-order valence-corrected chi connectivity index (χ1v) is 6.78. The zero-order chi connectivity index (χ0) is 14.7. The van der Waals surface area contributed by atoms with Crippen molar-refractivity contribution in [3.8, 4) is 0 Å². The largest absolute Gasteiger partial charge is 0.465 e. The molecule has 1 aliphatic heterocycles. The average Bonchev–Trinajstić information content (AvgIpc) is 2.83. The summed E-state index contributed by atoms with van der Waals surface area (Å²) < 4.78 is 9.64. The van der Waals surface area contributed by atoms with Crippen molar-refractivity contribution in [1.82, 2.24) is 0 Å². The van der Waals surface area contributed by atoms with Crippen molar-refractivity contribution in [2.75, 3.05) is 7.11 Å². The zero-order valence-electron chi connectivity index (χ0n) is 11.2. The van der Waals surface area contributed by atoms with Crippen LogP contribution in [-0.4, -0.2) is 25.0 Å². The maximum atomic E-state index is 12.0. The van der Waals surface area contributed by atoms with Crippen molar-refractivity contribution in [1.29, 1.82) is 0 Å². The highest BCUT2D eigenvalue weighted by Crippen LogP contribution is 2.55. The lowest BCUT2D eigenvalue weighted by Crippen LogP contribution is -2.38. The van der Waals surface area contributed by atoms with Crippen LogP contribution in [0.25, 0.3) is 0 Å². The fraction of sp³-hybridized carbons (Fsp3) is 0.312. The monoisotopic (exact) mass is 284 g/mol. The van der Waals surface area contributed by atoms with E-state index < -0.39 is 29.7 Å². The van der Waals surface area contributed by atoms with Crippen LogP contribution in [0.15, 0.2) is 30.4 Å². The maximum absolute atomic E-state index is 12.0. The van der Waals surface area contributed by atoms with Crippen molar-refractivity contribution in [2.45, 2.75) is 11.8 Å². The Balaban J connectivity index is 1.95. The molecule has 0 amide bonds. The Hall–Kier alpha value is -2.43. The lowest BCUT2D eigenvalue weighted by atomic mass is 9.60. The van der Waals surface area contributed by atoms with E-state index in [0.717, 1.165) is 11.1 Å². The molecule has 106 valence electrons. The normalized spacial score (nSPS) is 31.7. The summed E-state index contributed by atoms with van der Waals surface area (Å²) in [5.41, 5.74) is 2.17. The number of hydrogen-bond donors (Lipinski definition) is 0. The number of carbonyl (C=O) groups is 3. The number of benzene rings is 1. The van der Waals surface area contributed by atoms with Crippen LogP contribution >= 0.6 is 0 Å². The Kier molecular flexibility index (Phi) is 2.37. The van der Waals surface area contributed by atoms with Gasteiger partial charge in [-0.2, -0.15) is 0 Å². The van der Waals surface area contributed by atoms with E-state index in [1.54, 1.807) is 12.1 Å². The van der Waals surface area contributed by atoms with Crippen molar-refractivity contribution in [3.63, 3.8) is 0 Å². The summed E-state index contributed by atoms with van der Waals surface area (Å²) in [6.45, 7) is 0. The molecule has 4 aliphatic rings. The van der Waals surface area contributed by atoms with Crippen molar-refractivity contribution < 1.29 is 23.9 Å². The van der Waals surface area contributed by atoms with Gasteiger partial charge in [0.2, 0.25) is 0 Å². The van der Waals surface area contributed by atoms with Gasteiger partial charge in [0.05, 0.1) is 24.5 Å². The number of allylic oxidation sites excluding steroid dienone is 2. The third-order valence-corrected chi connectivity index (χ3v) is 4.67. The lowest BCUT2D eigenvalue weighted by Gasteiger charge is -2.40. The molecule has 0 unspecified atom stereocenters.